The number of halogens is 3. The number of carbonyl (C=O) groups excluding carboxylic acids is 2. The van der Waals surface area contributed by atoms with Crippen molar-refractivity contribution in [1.29, 1.82) is 0 Å². The van der Waals surface area contributed by atoms with E-state index in [4.69, 9.17) is 5.11 Å². The van der Waals surface area contributed by atoms with Gasteiger partial charge in [0.25, 0.3) is 0 Å². The van der Waals surface area contributed by atoms with Crippen LogP contribution in [0.15, 0.2) is 0 Å². The summed E-state index contributed by atoms with van der Waals surface area (Å²) < 4.78 is 36.6. The number of amides is 2. The van der Waals surface area contributed by atoms with Gasteiger partial charge in [-0.2, -0.15) is 13.2 Å². The summed E-state index contributed by atoms with van der Waals surface area (Å²) in [7, 11) is 0. The molecule has 0 aromatic rings. The van der Waals surface area contributed by atoms with E-state index < -0.39 is 36.5 Å². The summed E-state index contributed by atoms with van der Waals surface area (Å²) in [5.74, 6) is -1.94. The first-order chi connectivity index (χ1) is 8.76. The third kappa shape index (κ3) is 4.70. The molecule has 1 fully saturated rings. The Labute approximate surface area is 108 Å². The lowest BCUT2D eigenvalue weighted by molar-refractivity contribution is -0.157. The van der Waals surface area contributed by atoms with Crippen LogP contribution in [0.25, 0.3) is 0 Å². The summed E-state index contributed by atoms with van der Waals surface area (Å²) in [5.41, 5.74) is 0. The second-order valence-electron chi connectivity index (χ2n) is 4.59. The largest absolute Gasteiger partial charge is 0.406 e. The maximum absolute atomic E-state index is 12.2. The minimum absolute atomic E-state index is 0.218. The molecule has 0 spiro atoms. The molecule has 2 atom stereocenters. The van der Waals surface area contributed by atoms with Crippen molar-refractivity contribution in [2.24, 2.45) is 5.92 Å². The van der Waals surface area contributed by atoms with Crippen LogP contribution in [0.3, 0.4) is 0 Å². The smallest absolute Gasteiger partial charge is 0.394 e. The number of hydrogen-bond donors (Lipinski definition) is 2. The maximum Gasteiger partial charge on any atom is 0.406 e. The van der Waals surface area contributed by atoms with Crippen molar-refractivity contribution in [2.45, 2.75) is 32.0 Å². The number of rotatable bonds is 5. The average Bonchev–Trinajstić information content (AvgIpc) is 2.65. The summed E-state index contributed by atoms with van der Waals surface area (Å²) in [4.78, 5) is 23.8. The Hall–Kier alpha value is -1.31. The van der Waals surface area contributed by atoms with E-state index >= 15 is 0 Å². The first-order valence-electron chi connectivity index (χ1n) is 6.02. The van der Waals surface area contributed by atoms with Gasteiger partial charge in [0.15, 0.2) is 0 Å². The van der Waals surface area contributed by atoms with Gasteiger partial charge in [0.05, 0.1) is 18.6 Å². The van der Waals surface area contributed by atoms with Gasteiger partial charge in [0.1, 0.15) is 6.54 Å². The molecule has 1 heterocycles. The molecular weight excluding hydrogens is 265 g/mol. The quantitative estimate of drug-likeness (QED) is 0.761. The van der Waals surface area contributed by atoms with Crippen LogP contribution in [0.4, 0.5) is 13.2 Å². The third-order valence-corrected chi connectivity index (χ3v) is 3.02. The number of aliphatic hydroxyl groups is 1. The van der Waals surface area contributed by atoms with Gasteiger partial charge in [-0.15, -0.1) is 0 Å². The average molecular weight is 282 g/mol. The summed E-state index contributed by atoms with van der Waals surface area (Å²) in [5, 5.41) is 11.4. The molecule has 0 aromatic carbocycles. The zero-order chi connectivity index (χ0) is 14.6. The number of carbonyl (C=O) groups is 2. The van der Waals surface area contributed by atoms with Crippen molar-refractivity contribution in [1.82, 2.24) is 10.2 Å². The number of hydrogen-bond acceptors (Lipinski definition) is 3. The van der Waals surface area contributed by atoms with Crippen LogP contribution in [-0.2, 0) is 9.59 Å². The molecule has 0 saturated carbocycles. The van der Waals surface area contributed by atoms with Crippen molar-refractivity contribution >= 4 is 11.8 Å². The molecule has 0 radical (unpaired) electrons. The van der Waals surface area contributed by atoms with E-state index in [1.807, 2.05) is 0 Å². The fraction of sp³-hybridized carbons (Fsp3) is 0.818. The fourth-order valence-electron chi connectivity index (χ4n) is 1.91. The zero-order valence-corrected chi connectivity index (χ0v) is 10.5. The van der Waals surface area contributed by atoms with E-state index in [2.05, 4.69) is 5.32 Å². The Bertz CT molecular complexity index is 343. The Morgan fingerprint density at radius 2 is 2.21 bits per heavy atom. The number of likely N-dealkylation sites (tertiary alicyclic amines) is 1. The van der Waals surface area contributed by atoms with Gasteiger partial charge >= 0.3 is 6.18 Å². The second-order valence-corrected chi connectivity index (χ2v) is 4.59. The van der Waals surface area contributed by atoms with Gasteiger partial charge in [-0.3, -0.25) is 9.59 Å². The summed E-state index contributed by atoms with van der Waals surface area (Å²) in [6, 6.07) is -0.431. The number of aliphatic hydroxyl groups excluding tert-OH is 1. The van der Waals surface area contributed by atoms with Crippen molar-refractivity contribution in [3.8, 4) is 0 Å². The molecule has 1 unspecified atom stereocenters. The van der Waals surface area contributed by atoms with Crippen molar-refractivity contribution < 1.29 is 27.9 Å². The first-order valence-corrected chi connectivity index (χ1v) is 6.02. The van der Waals surface area contributed by atoms with Gasteiger partial charge in [-0.25, -0.2) is 0 Å². The summed E-state index contributed by atoms with van der Waals surface area (Å²) in [6.45, 7) is -0.0368. The summed E-state index contributed by atoms with van der Waals surface area (Å²) >= 11 is 0. The zero-order valence-electron chi connectivity index (χ0n) is 10.5. The van der Waals surface area contributed by atoms with Crippen LogP contribution in [0, 0.1) is 5.92 Å². The molecule has 0 bridgehead atoms. The molecule has 2 amide bonds. The molecule has 2 N–H and O–H groups in total. The monoisotopic (exact) mass is 282 g/mol. The number of alkyl halides is 3. The normalized spacial score (nSPS) is 21.6. The lowest BCUT2D eigenvalue weighted by Crippen LogP contribution is -2.42. The molecule has 19 heavy (non-hydrogen) atoms. The summed E-state index contributed by atoms with van der Waals surface area (Å²) in [6.07, 6.45) is -4.17. The fourth-order valence-corrected chi connectivity index (χ4v) is 1.91. The van der Waals surface area contributed by atoms with Crippen LogP contribution in [0.1, 0.15) is 19.8 Å². The highest BCUT2D eigenvalue weighted by molar-refractivity contribution is 5.89. The molecule has 1 rings (SSSR count). The third-order valence-electron chi connectivity index (χ3n) is 3.02. The van der Waals surface area contributed by atoms with E-state index in [9.17, 15) is 22.8 Å². The SMILES string of the molecule is CC[C@@H](CO)NC(=O)C1CC(=O)N(CC(F)(F)F)C1. The van der Waals surface area contributed by atoms with Crippen LogP contribution in [0.5, 0.6) is 0 Å². The van der Waals surface area contributed by atoms with Crippen molar-refractivity contribution in [2.75, 3.05) is 19.7 Å². The Balaban J connectivity index is 2.54. The maximum atomic E-state index is 12.2. The molecule has 1 aliphatic rings. The van der Waals surface area contributed by atoms with Crippen molar-refractivity contribution in [3.63, 3.8) is 0 Å². The predicted octanol–water partition coefficient (Wildman–Crippen LogP) is 0.284. The van der Waals surface area contributed by atoms with E-state index in [1.165, 1.54) is 0 Å². The van der Waals surface area contributed by atoms with Crippen LogP contribution in [-0.4, -0.2) is 53.7 Å². The van der Waals surface area contributed by atoms with Gasteiger partial charge < -0.3 is 15.3 Å². The molecule has 1 saturated heterocycles. The topological polar surface area (TPSA) is 69.6 Å². The highest BCUT2D eigenvalue weighted by atomic mass is 19.4. The molecular formula is C11H17F3N2O3. The van der Waals surface area contributed by atoms with E-state index in [1.54, 1.807) is 6.92 Å². The highest BCUT2D eigenvalue weighted by Crippen LogP contribution is 2.24. The van der Waals surface area contributed by atoms with Gasteiger partial charge in [-0.1, -0.05) is 6.92 Å². The standard InChI is InChI=1S/C11H17F3N2O3/c1-2-8(5-17)15-10(19)7-3-9(18)16(4-7)6-11(12,13)14/h7-8,17H,2-6H2,1H3,(H,15,19)/t7?,8-/m0/s1. The Kier molecular flexibility index (Phi) is 5.16. The minimum atomic E-state index is -4.46. The molecule has 0 aromatic heterocycles. The molecule has 8 heteroatoms. The highest BCUT2D eigenvalue weighted by Gasteiger charge is 2.40. The molecule has 5 nitrogen and oxygen atoms in total. The first kappa shape index (κ1) is 15.7. The van der Waals surface area contributed by atoms with E-state index in [0.717, 1.165) is 0 Å². The minimum Gasteiger partial charge on any atom is -0.394 e. The van der Waals surface area contributed by atoms with Gasteiger partial charge in [0.2, 0.25) is 11.8 Å². The van der Waals surface area contributed by atoms with E-state index in [-0.39, 0.29) is 19.6 Å². The van der Waals surface area contributed by atoms with Crippen LogP contribution < -0.4 is 5.32 Å². The number of nitrogens with one attached hydrogen (secondary N) is 1. The van der Waals surface area contributed by atoms with Crippen LogP contribution in [0.2, 0.25) is 0 Å². The second kappa shape index (κ2) is 6.23. The van der Waals surface area contributed by atoms with E-state index in [0.29, 0.717) is 11.3 Å². The van der Waals surface area contributed by atoms with Gasteiger partial charge in [0, 0.05) is 13.0 Å². The Morgan fingerprint density at radius 3 is 2.68 bits per heavy atom. The Morgan fingerprint density at radius 1 is 1.58 bits per heavy atom. The van der Waals surface area contributed by atoms with Gasteiger partial charge in [-0.05, 0) is 6.42 Å². The molecule has 1 aliphatic heterocycles. The van der Waals surface area contributed by atoms with Crippen LogP contribution >= 0.6 is 0 Å². The lowest BCUT2D eigenvalue weighted by atomic mass is 10.1. The number of nitrogens with zero attached hydrogens (tertiary/aromatic N) is 1. The predicted molar refractivity (Wildman–Crippen MR) is 60.0 cm³/mol. The molecule has 110 valence electrons. The molecule has 0 aliphatic carbocycles. The lowest BCUT2D eigenvalue weighted by Gasteiger charge is -2.19. The van der Waals surface area contributed by atoms with Crippen molar-refractivity contribution in [3.05, 3.63) is 0 Å².